The van der Waals surface area contributed by atoms with Gasteiger partial charge in [0.15, 0.2) is 0 Å². The highest BCUT2D eigenvalue weighted by atomic mass is 16.1. The van der Waals surface area contributed by atoms with Crippen molar-refractivity contribution in [3.63, 3.8) is 0 Å². The highest BCUT2D eigenvalue weighted by molar-refractivity contribution is 5.77. The minimum atomic E-state index is -0.129. The predicted octanol–water partition coefficient (Wildman–Crippen LogP) is 3.24. The van der Waals surface area contributed by atoms with Crippen LogP contribution in [0.25, 0.3) is 5.57 Å². The molecule has 0 spiro atoms. The summed E-state index contributed by atoms with van der Waals surface area (Å²) in [5.41, 5.74) is 4.22. The van der Waals surface area contributed by atoms with Crippen LogP contribution in [0.2, 0.25) is 0 Å². The number of allylic oxidation sites excluding steroid dienone is 2. The molecule has 0 N–H and O–H groups in total. The number of benzene rings is 1. The minimum absolute atomic E-state index is 0.129. The topological polar surface area (TPSA) is 17.1 Å². The van der Waals surface area contributed by atoms with Crippen molar-refractivity contribution in [1.82, 2.24) is 0 Å². The van der Waals surface area contributed by atoms with E-state index >= 15 is 0 Å². The van der Waals surface area contributed by atoms with E-state index in [0.717, 1.165) is 25.5 Å². The Morgan fingerprint density at radius 1 is 1.38 bits per heavy atom. The lowest BCUT2D eigenvalue weighted by Crippen LogP contribution is -2.25. The first-order valence-corrected chi connectivity index (χ1v) is 5.96. The van der Waals surface area contributed by atoms with Gasteiger partial charge in [0.1, 0.15) is 6.29 Å². The Hall–Kier alpha value is -1.37. The normalized spacial score (nSPS) is 31.6. The zero-order valence-corrected chi connectivity index (χ0v) is 9.57. The molecule has 0 saturated heterocycles. The molecule has 0 unspecified atom stereocenters. The van der Waals surface area contributed by atoms with Gasteiger partial charge in [-0.05, 0) is 41.9 Å². The van der Waals surface area contributed by atoms with E-state index in [9.17, 15) is 4.79 Å². The van der Waals surface area contributed by atoms with E-state index in [1.54, 1.807) is 0 Å². The third-order valence-electron chi connectivity index (χ3n) is 4.02. The summed E-state index contributed by atoms with van der Waals surface area (Å²) in [6, 6.07) is 8.64. The molecule has 2 atom stereocenters. The molecule has 3 rings (SSSR count). The van der Waals surface area contributed by atoms with Crippen molar-refractivity contribution in [2.24, 2.45) is 11.3 Å². The lowest BCUT2D eigenvalue weighted by atomic mass is 9.72. The standard InChI is InChI=1S/C15H16O/c1-15(10-16)7-6-14-12(9-15)8-11-4-2-3-5-13(11)14/h2-6,10,12H,7-9H2,1H3/t12-,15-/m0/s1. The fourth-order valence-corrected chi connectivity index (χ4v) is 3.12. The van der Waals surface area contributed by atoms with E-state index in [0.29, 0.717) is 5.92 Å². The van der Waals surface area contributed by atoms with Crippen LogP contribution in [-0.2, 0) is 11.2 Å². The molecule has 16 heavy (non-hydrogen) atoms. The van der Waals surface area contributed by atoms with Crippen LogP contribution >= 0.6 is 0 Å². The van der Waals surface area contributed by atoms with Crippen LogP contribution in [0, 0.1) is 11.3 Å². The molecule has 82 valence electrons. The second kappa shape index (κ2) is 3.31. The minimum Gasteiger partial charge on any atom is -0.303 e. The first-order valence-electron chi connectivity index (χ1n) is 5.96. The second-order valence-electron chi connectivity index (χ2n) is 5.40. The highest BCUT2D eigenvalue weighted by Gasteiger charge is 2.37. The van der Waals surface area contributed by atoms with Gasteiger partial charge >= 0.3 is 0 Å². The number of carbonyl (C=O) groups is 1. The smallest absolute Gasteiger partial charge is 0.126 e. The highest BCUT2D eigenvalue weighted by Crippen LogP contribution is 2.47. The summed E-state index contributed by atoms with van der Waals surface area (Å²) in [7, 11) is 0. The third kappa shape index (κ3) is 1.35. The molecule has 1 aromatic rings. The van der Waals surface area contributed by atoms with Gasteiger partial charge in [0, 0.05) is 5.41 Å². The number of rotatable bonds is 1. The summed E-state index contributed by atoms with van der Waals surface area (Å²) in [6.07, 6.45) is 6.46. The maximum Gasteiger partial charge on any atom is 0.126 e. The zero-order chi connectivity index (χ0) is 11.2. The fourth-order valence-electron chi connectivity index (χ4n) is 3.12. The average Bonchev–Trinajstić information content (AvgIpc) is 2.66. The molecule has 2 aliphatic carbocycles. The van der Waals surface area contributed by atoms with E-state index in [1.165, 1.54) is 16.7 Å². The van der Waals surface area contributed by atoms with Crippen molar-refractivity contribution in [1.29, 1.82) is 0 Å². The van der Waals surface area contributed by atoms with Gasteiger partial charge in [0.2, 0.25) is 0 Å². The molecule has 1 aromatic carbocycles. The second-order valence-corrected chi connectivity index (χ2v) is 5.40. The van der Waals surface area contributed by atoms with Crippen molar-refractivity contribution in [3.8, 4) is 0 Å². The molecule has 0 heterocycles. The Labute approximate surface area is 96.2 Å². The number of hydrogen-bond donors (Lipinski definition) is 0. The quantitative estimate of drug-likeness (QED) is 0.653. The lowest BCUT2D eigenvalue weighted by molar-refractivity contribution is -0.116. The van der Waals surface area contributed by atoms with Crippen LogP contribution in [-0.4, -0.2) is 6.29 Å². The molecule has 1 nitrogen and oxygen atoms in total. The lowest BCUT2D eigenvalue weighted by Gasteiger charge is -2.30. The molecule has 2 aliphatic rings. The van der Waals surface area contributed by atoms with E-state index in [4.69, 9.17) is 0 Å². The van der Waals surface area contributed by atoms with E-state index in [-0.39, 0.29) is 5.41 Å². The predicted molar refractivity (Wildman–Crippen MR) is 65.0 cm³/mol. The number of carbonyl (C=O) groups excluding carboxylic acids is 1. The Balaban J connectivity index is 2.01. The Kier molecular flexibility index (Phi) is 2.03. The van der Waals surface area contributed by atoms with Crippen molar-refractivity contribution in [2.45, 2.75) is 26.2 Å². The van der Waals surface area contributed by atoms with Gasteiger partial charge in [-0.2, -0.15) is 0 Å². The number of aldehydes is 1. The largest absolute Gasteiger partial charge is 0.303 e. The SMILES string of the molecule is C[C@]1(C=O)CC=C2c3ccccc3C[C@H]2C1. The van der Waals surface area contributed by atoms with E-state index in [2.05, 4.69) is 37.3 Å². The maximum absolute atomic E-state index is 11.1. The van der Waals surface area contributed by atoms with Gasteiger partial charge < -0.3 is 4.79 Å². The Morgan fingerprint density at radius 3 is 3.00 bits per heavy atom. The molecular weight excluding hydrogens is 196 g/mol. The molecule has 0 aliphatic heterocycles. The van der Waals surface area contributed by atoms with Crippen LogP contribution in [0.5, 0.6) is 0 Å². The summed E-state index contributed by atoms with van der Waals surface area (Å²) in [5, 5.41) is 0. The van der Waals surface area contributed by atoms with Gasteiger partial charge in [-0.1, -0.05) is 37.3 Å². The number of fused-ring (bicyclic) bond motifs is 3. The van der Waals surface area contributed by atoms with Crippen LogP contribution in [0.15, 0.2) is 30.3 Å². The summed E-state index contributed by atoms with van der Waals surface area (Å²) < 4.78 is 0. The molecule has 0 aromatic heterocycles. The van der Waals surface area contributed by atoms with Gasteiger partial charge in [0.25, 0.3) is 0 Å². The first kappa shape index (κ1) is 9.83. The zero-order valence-electron chi connectivity index (χ0n) is 9.57. The van der Waals surface area contributed by atoms with Crippen molar-refractivity contribution < 1.29 is 4.79 Å². The van der Waals surface area contributed by atoms with Gasteiger partial charge in [-0.25, -0.2) is 0 Å². The summed E-state index contributed by atoms with van der Waals surface area (Å²) in [4.78, 5) is 11.1. The van der Waals surface area contributed by atoms with Gasteiger partial charge in [-0.15, -0.1) is 0 Å². The Bertz CT molecular complexity index is 472. The van der Waals surface area contributed by atoms with Crippen LogP contribution < -0.4 is 0 Å². The summed E-state index contributed by atoms with van der Waals surface area (Å²) >= 11 is 0. The van der Waals surface area contributed by atoms with E-state index < -0.39 is 0 Å². The third-order valence-corrected chi connectivity index (χ3v) is 4.02. The van der Waals surface area contributed by atoms with Crippen molar-refractivity contribution in [3.05, 3.63) is 41.5 Å². The summed E-state index contributed by atoms with van der Waals surface area (Å²) in [6.45, 7) is 2.08. The van der Waals surface area contributed by atoms with Crippen molar-refractivity contribution >= 4 is 11.9 Å². The van der Waals surface area contributed by atoms with Crippen LogP contribution in [0.3, 0.4) is 0 Å². The monoisotopic (exact) mass is 212 g/mol. The van der Waals surface area contributed by atoms with Crippen molar-refractivity contribution in [2.75, 3.05) is 0 Å². The van der Waals surface area contributed by atoms with Crippen LogP contribution in [0.4, 0.5) is 0 Å². The molecule has 1 heteroatoms. The average molecular weight is 212 g/mol. The van der Waals surface area contributed by atoms with Crippen LogP contribution in [0.1, 0.15) is 30.9 Å². The maximum atomic E-state index is 11.1. The fraction of sp³-hybridized carbons (Fsp3) is 0.400. The van der Waals surface area contributed by atoms with Gasteiger partial charge in [-0.3, -0.25) is 0 Å². The van der Waals surface area contributed by atoms with Gasteiger partial charge in [0.05, 0.1) is 0 Å². The molecule has 0 saturated carbocycles. The number of hydrogen-bond acceptors (Lipinski definition) is 1. The molecule has 0 bridgehead atoms. The molecule has 0 amide bonds. The Morgan fingerprint density at radius 2 is 2.19 bits per heavy atom. The first-order chi connectivity index (χ1) is 7.72. The molecule has 0 fully saturated rings. The molecule has 0 radical (unpaired) electrons. The molecular formula is C15H16O. The van der Waals surface area contributed by atoms with E-state index in [1.807, 2.05) is 0 Å². The summed E-state index contributed by atoms with van der Waals surface area (Å²) in [5.74, 6) is 0.571.